The molecule has 40 heavy (non-hydrogen) atoms. The molecule has 2 amide bonds. The van der Waals surface area contributed by atoms with Crippen molar-refractivity contribution in [3.8, 4) is 11.1 Å². The highest BCUT2D eigenvalue weighted by Crippen LogP contribution is 2.44. The standard InChI is InChI=1S/C32H35N3O5/c1-39-30(37)32(17-7-2-8-18-32)35-29(36)28(33)19-21-13-15-22(16-14-21)34-31(38)40-20-27-25-11-5-3-9-23(25)24-10-4-6-12-26(24)27/h3-6,9-16,27-28H,2,7-8,17-20,33H2,1H3,(H,34,38)(H,35,36). The van der Waals surface area contributed by atoms with Crippen molar-refractivity contribution >= 4 is 23.7 Å². The van der Waals surface area contributed by atoms with Gasteiger partial charge in [-0.2, -0.15) is 0 Å². The van der Waals surface area contributed by atoms with E-state index in [1.54, 1.807) is 12.1 Å². The largest absolute Gasteiger partial charge is 0.467 e. The monoisotopic (exact) mass is 541 g/mol. The zero-order valence-electron chi connectivity index (χ0n) is 22.7. The van der Waals surface area contributed by atoms with Crippen molar-refractivity contribution < 1.29 is 23.9 Å². The predicted molar refractivity (Wildman–Crippen MR) is 153 cm³/mol. The highest BCUT2D eigenvalue weighted by molar-refractivity contribution is 5.90. The lowest BCUT2D eigenvalue weighted by atomic mass is 9.81. The van der Waals surface area contributed by atoms with Gasteiger partial charge in [-0.3, -0.25) is 10.1 Å². The number of carbonyl (C=O) groups is 3. The molecule has 0 bridgehead atoms. The molecule has 2 aliphatic rings. The van der Waals surface area contributed by atoms with Crippen LogP contribution in [-0.2, 0) is 25.5 Å². The predicted octanol–water partition coefficient (Wildman–Crippen LogP) is 4.91. The number of ether oxygens (including phenoxy) is 2. The molecule has 1 fully saturated rings. The van der Waals surface area contributed by atoms with Crippen LogP contribution in [0.2, 0.25) is 0 Å². The van der Waals surface area contributed by atoms with Crippen molar-refractivity contribution in [3.63, 3.8) is 0 Å². The first-order valence-corrected chi connectivity index (χ1v) is 13.8. The van der Waals surface area contributed by atoms with E-state index in [9.17, 15) is 14.4 Å². The van der Waals surface area contributed by atoms with E-state index in [0.29, 0.717) is 18.5 Å². The van der Waals surface area contributed by atoms with E-state index < -0.39 is 23.6 Å². The van der Waals surface area contributed by atoms with Gasteiger partial charge in [0.15, 0.2) is 0 Å². The molecule has 0 radical (unpaired) electrons. The zero-order chi connectivity index (χ0) is 28.1. The van der Waals surface area contributed by atoms with E-state index in [0.717, 1.165) is 36.0 Å². The van der Waals surface area contributed by atoms with Crippen LogP contribution < -0.4 is 16.4 Å². The third-order valence-electron chi connectivity index (χ3n) is 7.98. The van der Waals surface area contributed by atoms with Crippen LogP contribution in [0.25, 0.3) is 11.1 Å². The molecule has 8 heteroatoms. The van der Waals surface area contributed by atoms with Crippen LogP contribution in [0.4, 0.5) is 10.5 Å². The first-order valence-electron chi connectivity index (χ1n) is 13.8. The highest BCUT2D eigenvalue weighted by Gasteiger charge is 2.42. The fourth-order valence-electron chi connectivity index (χ4n) is 5.88. The first kappa shape index (κ1) is 27.4. The summed E-state index contributed by atoms with van der Waals surface area (Å²) in [5.74, 6) is -0.815. The lowest BCUT2D eigenvalue weighted by molar-refractivity contribution is -0.152. The number of benzene rings is 3. The Kier molecular flexibility index (Phi) is 8.16. The van der Waals surface area contributed by atoms with Gasteiger partial charge in [0, 0.05) is 11.6 Å². The minimum atomic E-state index is -1.00. The van der Waals surface area contributed by atoms with E-state index >= 15 is 0 Å². The Labute approximate surface area is 234 Å². The Hall–Kier alpha value is -4.17. The second kappa shape index (κ2) is 11.9. The number of rotatable bonds is 8. The number of nitrogens with one attached hydrogen (secondary N) is 2. The smallest absolute Gasteiger partial charge is 0.411 e. The van der Waals surface area contributed by atoms with Gasteiger partial charge in [-0.25, -0.2) is 9.59 Å². The molecule has 4 N–H and O–H groups in total. The van der Waals surface area contributed by atoms with E-state index in [1.807, 2.05) is 36.4 Å². The summed E-state index contributed by atoms with van der Waals surface area (Å²) < 4.78 is 10.6. The van der Waals surface area contributed by atoms with Crippen molar-refractivity contribution in [1.82, 2.24) is 5.32 Å². The van der Waals surface area contributed by atoms with Crippen LogP contribution in [0.1, 0.15) is 54.7 Å². The SMILES string of the molecule is COC(=O)C1(NC(=O)C(N)Cc2ccc(NC(=O)OCC3c4ccccc4-c4ccccc43)cc2)CCCCC1. The summed E-state index contributed by atoms with van der Waals surface area (Å²) in [5, 5.41) is 5.65. The summed E-state index contributed by atoms with van der Waals surface area (Å²) in [6, 6.07) is 22.7. The number of hydrogen-bond acceptors (Lipinski definition) is 6. The van der Waals surface area contributed by atoms with Gasteiger partial charge in [-0.05, 0) is 59.2 Å². The van der Waals surface area contributed by atoms with Crippen LogP contribution in [0.15, 0.2) is 72.8 Å². The minimum Gasteiger partial charge on any atom is -0.467 e. The summed E-state index contributed by atoms with van der Waals surface area (Å²) in [6.07, 6.45) is 3.57. The van der Waals surface area contributed by atoms with Gasteiger partial charge in [-0.1, -0.05) is 79.9 Å². The van der Waals surface area contributed by atoms with Gasteiger partial charge in [0.05, 0.1) is 13.2 Å². The quantitative estimate of drug-likeness (QED) is 0.349. The summed E-state index contributed by atoms with van der Waals surface area (Å²) >= 11 is 0. The van der Waals surface area contributed by atoms with Crippen LogP contribution in [0.3, 0.4) is 0 Å². The maximum absolute atomic E-state index is 12.9. The number of esters is 1. The number of anilines is 1. The molecule has 1 saturated carbocycles. The maximum Gasteiger partial charge on any atom is 0.411 e. The second-order valence-corrected chi connectivity index (χ2v) is 10.6. The maximum atomic E-state index is 12.9. The molecule has 0 aromatic heterocycles. The Balaban J connectivity index is 1.14. The summed E-state index contributed by atoms with van der Waals surface area (Å²) in [7, 11) is 1.34. The molecule has 0 heterocycles. The lowest BCUT2D eigenvalue weighted by Gasteiger charge is -2.36. The van der Waals surface area contributed by atoms with E-state index in [1.165, 1.54) is 18.2 Å². The summed E-state index contributed by atoms with van der Waals surface area (Å²) in [4.78, 5) is 37.9. The number of nitrogens with two attached hydrogens (primary N) is 1. The second-order valence-electron chi connectivity index (χ2n) is 10.6. The normalized spacial score (nSPS) is 16.2. The molecule has 3 aromatic carbocycles. The van der Waals surface area contributed by atoms with Gasteiger partial charge in [0.25, 0.3) is 0 Å². The molecule has 0 saturated heterocycles. The van der Waals surface area contributed by atoms with Crippen LogP contribution in [0.5, 0.6) is 0 Å². The van der Waals surface area contributed by atoms with Crippen molar-refractivity contribution in [2.24, 2.45) is 5.73 Å². The minimum absolute atomic E-state index is 0.0138. The first-order chi connectivity index (χ1) is 19.4. The van der Waals surface area contributed by atoms with E-state index in [-0.39, 0.29) is 24.9 Å². The molecule has 208 valence electrons. The molecular formula is C32H35N3O5. The topological polar surface area (TPSA) is 120 Å². The van der Waals surface area contributed by atoms with E-state index in [4.69, 9.17) is 15.2 Å². The summed E-state index contributed by atoms with van der Waals surface area (Å²) in [6.45, 7) is 0.231. The van der Waals surface area contributed by atoms with Gasteiger partial charge >= 0.3 is 12.1 Å². The molecule has 2 aliphatic carbocycles. The van der Waals surface area contributed by atoms with Gasteiger partial charge in [0.1, 0.15) is 12.1 Å². The Morgan fingerprint density at radius 1 is 0.900 bits per heavy atom. The number of carbonyl (C=O) groups excluding carboxylic acids is 3. The molecule has 3 aromatic rings. The molecular weight excluding hydrogens is 506 g/mol. The fourth-order valence-corrected chi connectivity index (χ4v) is 5.88. The third kappa shape index (κ3) is 5.72. The van der Waals surface area contributed by atoms with Crippen LogP contribution in [0, 0.1) is 0 Å². The van der Waals surface area contributed by atoms with Gasteiger partial charge < -0.3 is 20.5 Å². The van der Waals surface area contributed by atoms with Gasteiger partial charge in [-0.15, -0.1) is 0 Å². The van der Waals surface area contributed by atoms with Gasteiger partial charge in [0.2, 0.25) is 5.91 Å². The Bertz CT molecular complexity index is 1340. The average molecular weight is 542 g/mol. The average Bonchev–Trinajstić information content (AvgIpc) is 3.30. The van der Waals surface area contributed by atoms with Crippen molar-refractivity contribution in [2.75, 3.05) is 19.0 Å². The highest BCUT2D eigenvalue weighted by atomic mass is 16.5. The third-order valence-corrected chi connectivity index (χ3v) is 7.98. The fraction of sp³-hybridized carbons (Fsp3) is 0.344. The number of methoxy groups -OCH3 is 1. The number of hydrogen-bond donors (Lipinski definition) is 3. The molecule has 0 aliphatic heterocycles. The lowest BCUT2D eigenvalue weighted by Crippen LogP contribution is -2.59. The van der Waals surface area contributed by atoms with Crippen LogP contribution >= 0.6 is 0 Å². The molecule has 1 unspecified atom stereocenters. The van der Waals surface area contributed by atoms with Crippen molar-refractivity contribution in [1.29, 1.82) is 0 Å². The Morgan fingerprint density at radius 3 is 2.10 bits per heavy atom. The molecule has 8 nitrogen and oxygen atoms in total. The molecule has 1 atom stereocenters. The molecule has 0 spiro atoms. The summed E-state index contributed by atoms with van der Waals surface area (Å²) in [5.41, 5.74) is 11.3. The number of fused-ring (bicyclic) bond motifs is 3. The van der Waals surface area contributed by atoms with Crippen molar-refractivity contribution in [2.45, 2.75) is 56.0 Å². The number of amides is 2. The van der Waals surface area contributed by atoms with Crippen LogP contribution in [-0.4, -0.2) is 43.3 Å². The zero-order valence-corrected chi connectivity index (χ0v) is 22.7. The Morgan fingerprint density at radius 2 is 1.50 bits per heavy atom. The van der Waals surface area contributed by atoms with Crippen molar-refractivity contribution in [3.05, 3.63) is 89.5 Å². The van der Waals surface area contributed by atoms with E-state index in [2.05, 4.69) is 34.9 Å². The molecule has 5 rings (SSSR count).